The number of hydrogen-bond acceptors (Lipinski definition) is 3. The van der Waals surface area contributed by atoms with E-state index in [1.807, 2.05) is 12.1 Å². The van der Waals surface area contributed by atoms with Crippen LogP contribution >= 0.6 is 0 Å². The predicted molar refractivity (Wildman–Crippen MR) is 87.8 cm³/mol. The second-order valence-electron chi connectivity index (χ2n) is 6.63. The molecular weight excluding hydrogens is 279 g/mol. The van der Waals surface area contributed by atoms with Gasteiger partial charge in [0.05, 0.1) is 0 Å². The van der Waals surface area contributed by atoms with Crippen molar-refractivity contribution in [3.8, 4) is 0 Å². The van der Waals surface area contributed by atoms with Gasteiger partial charge in [0, 0.05) is 38.5 Å². The number of benzene rings is 1. The van der Waals surface area contributed by atoms with Crippen LogP contribution < -0.4 is 4.90 Å². The zero-order valence-electron chi connectivity index (χ0n) is 13.5. The smallest absolute Gasteiger partial charge is 0.123 e. The van der Waals surface area contributed by atoms with Crippen molar-refractivity contribution in [3.05, 3.63) is 30.1 Å². The van der Waals surface area contributed by atoms with Crippen molar-refractivity contribution in [2.75, 3.05) is 44.8 Å². The molecule has 2 fully saturated rings. The number of halogens is 1. The largest absolute Gasteiger partial charge is 0.385 e. The molecular formula is C18H27FN2O. The van der Waals surface area contributed by atoms with E-state index < -0.39 is 0 Å². The number of likely N-dealkylation sites (tertiary alicyclic amines) is 1. The number of hydrogen-bond donors (Lipinski definition) is 0. The molecule has 1 aromatic rings. The van der Waals surface area contributed by atoms with Gasteiger partial charge in [-0.1, -0.05) is 0 Å². The van der Waals surface area contributed by atoms with Crippen molar-refractivity contribution in [2.45, 2.75) is 31.7 Å². The summed E-state index contributed by atoms with van der Waals surface area (Å²) in [7, 11) is 1.79. The van der Waals surface area contributed by atoms with Crippen LogP contribution in [0.15, 0.2) is 24.3 Å². The Kier molecular flexibility index (Phi) is 5.32. The van der Waals surface area contributed by atoms with Gasteiger partial charge < -0.3 is 9.64 Å². The van der Waals surface area contributed by atoms with E-state index in [9.17, 15) is 4.39 Å². The highest BCUT2D eigenvalue weighted by molar-refractivity contribution is 5.47. The van der Waals surface area contributed by atoms with Gasteiger partial charge in [-0.2, -0.15) is 0 Å². The third-order valence-electron chi connectivity index (χ3n) is 5.25. The van der Waals surface area contributed by atoms with E-state index in [0.29, 0.717) is 6.04 Å². The van der Waals surface area contributed by atoms with Gasteiger partial charge in [-0.25, -0.2) is 4.39 Å². The van der Waals surface area contributed by atoms with E-state index in [-0.39, 0.29) is 5.82 Å². The Labute approximate surface area is 133 Å². The summed E-state index contributed by atoms with van der Waals surface area (Å²) in [5, 5.41) is 0. The van der Waals surface area contributed by atoms with Gasteiger partial charge >= 0.3 is 0 Å². The summed E-state index contributed by atoms with van der Waals surface area (Å²) < 4.78 is 18.2. The molecule has 122 valence electrons. The molecule has 0 radical (unpaired) electrons. The molecule has 2 heterocycles. The van der Waals surface area contributed by atoms with Crippen LogP contribution in [0.3, 0.4) is 0 Å². The summed E-state index contributed by atoms with van der Waals surface area (Å²) in [6.07, 6.45) is 5.03. The van der Waals surface area contributed by atoms with E-state index >= 15 is 0 Å². The molecule has 2 saturated heterocycles. The maximum absolute atomic E-state index is 13.0. The van der Waals surface area contributed by atoms with Gasteiger partial charge in [-0.05, 0) is 69.0 Å². The van der Waals surface area contributed by atoms with E-state index in [1.165, 1.54) is 38.8 Å². The molecule has 2 aliphatic heterocycles. The first kappa shape index (κ1) is 15.8. The second-order valence-corrected chi connectivity index (χ2v) is 6.63. The van der Waals surface area contributed by atoms with Crippen LogP contribution in [0.2, 0.25) is 0 Å². The lowest BCUT2D eigenvalue weighted by molar-refractivity contribution is 0.114. The number of piperidine rings is 1. The lowest BCUT2D eigenvalue weighted by Crippen LogP contribution is -2.43. The number of nitrogens with zero attached hydrogens (tertiary/aromatic N) is 2. The summed E-state index contributed by atoms with van der Waals surface area (Å²) in [6.45, 7) is 5.49. The zero-order chi connectivity index (χ0) is 15.4. The maximum atomic E-state index is 13.0. The summed E-state index contributed by atoms with van der Waals surface area (Å²) >= 11 is 0. The average Bonchev–Trinajstić information content (AvgIpc) is 3.04. The molecule has 1 aromatic carbocycles. The van der Waals surface area contributed by atoms with Gasteiger partial charge in [0.15, 0.2) is 0 Å². The average molecular weight is 306 g/mol. The Morgan fingerprint density at radius 1 is 1.09 bits per heavy atom. The van der Waals surface area contributed by atoms with Crippen molar-refractivity contribution in [1.82, 2.24) is 4.90 Å². The van der Waals surface area contributed by atoms with Crippen LogP contribution in [0.4, 0.5) is 10.1 Å². The molecule has 1 atom stereocenters. The van der Waals surface area contributed by atoms with Crippen molar-refractivity contribution >= 4 is 5.69 Å². The third-order valence-corrected chi connectivity index (χ3v) is 5.25. The predicted octanol–water partition coefficient (Wildman–Crippen LogP) is 3.15. The van der Waals surface area contributed by atoms with Gasteiger partial charge in [-0.3, -0.25) is 4.90 Å². The van der Waals surface area contributed by atoms with E-state index in [2.05, 4.69) is 9.80 Å². The topological polar surface area (TPSA) is 15.7 Å². The molecule has 0 amide bonds. The quantitative estimate of drug-likeness (QED) is 0.831. The zero-order valence-corrected chi connectivity index (χ0v) is 13.5. The molecule has 0 aromatic heterocycles. The molecule has 0 unspecified atom stereocenters. The van der Waals surface area contributed by atoms with Crippen LogP contribution in [-0.2, 0) is 4.74 Å². The highest BCUT2D eigenvalue weighted by Crippen LogP contribution is 2.27. The van der Waals surface area contributed by atoms with Crippen molar-refractivity contribution < 1.29 is 9.13 Å². The Morgan fingerprint density at radius 3 is 2.50 bits per heavy atom. The first-order chi connectivity index (χ1) is 10.8. The van der Waals surface area contributed by atoms with Gasteiger partial charge in [-0.15, -0.1) is 0 Å². The van der Waals surface area contributed by atoms with Crippen molar-refractivity contribution in [3.63, 3.8) is 0 Å². The van der Waals surface area contributed by atoms with Crippen molar-refractivity contribution in [2.24, 2.45) is 5.92 Å². The lowest BCUT2D eigenvalue weighted by atomic mass is 9.93. The van der Waals surface area contributed by atoms with Gasteiger partial charge in [0.25, 0.3) is 0 Å². The summed E-state index contributed by atoms with van der Waals surface area (Å²) in [5.74, 6) is 0.684. The Balaban J connectivity index is 1.48. The Bertz CT molecular complexity index is 457. The molecule has 0 saturated carbocycles. The van der Waals surface area contributed by atoms with Gasteiger partial charge in [0.2, 0.25) is 0 Å². The molecule has 3 rings (SSSR count). The minimum absolute atomic E-state index is 0.155. The number of methoxy groups -OCH3 is 1. The van der Waals surface area contributed by atoms with Crippen LogP contribution in [0.5, 0.6) is 0 Å². The van der Waals surface area contributed by atoms with Gasteiger partial charge in [0.1, 0.15) is 5.82 Å². The third kappa shape index (κ3) is 3.79. The number of rotatable bonds is 5. The summed E-state index contributed by atoms with van der Waals surface area (Å²) in [5.41, 5.74) is 1.15. The highest BCUT2D eigenvalue weighted by Gasteiger charge is 2.30. The first-order valence-electron chi connectivity index (χ1n) is 8.50. The fraction of sp³-hybridized carbons (Fsp3) is 0.667. The monoisotopic (exact) mass is 306 g/mol. The number of ether oxygens (including phenoxy) is 1. The van der Waals surface area contributed by atoms with Crippen LogP contribution in [0, 0.1) is 11.7 Å². The van der Waals surface area contributed by atoms with E-state index in [1.54, 1.807) is 19.2 Å². The normalized spacial score (nSPS) is 24.1. The van der Waals surface area contributed by atoms with E-state index in [0.717, 1.165) is 31.3 Å². The lowest BCUT2D eigenvalue weighted by Gasteiger charge is -2.36. The molecule has 0 bridgehead atoms. The maximum Gasteiger partial charge on any atom is 0.123 e. The molecule has 0 spiro atoms. The standard InChI is InChI=1S/C18H27FN2O/c1-22-13-9-15-6-10-20(11-7-15)18-8-12-21(14-18)17-4-2-16(19)3-5-17/h2-5,15,18H,6-14H2,1H3/t18-/m1/s1. The van der Waals surface area contributed by atoms with Crippen LogP contribution in [0.25, 0.3) is 0 Å². The molecule has 0 aliphatic carbocycles. The second kappa shape index (κ2) is 7.42. The minimum Gasteiger partial charge on any atom is -0.385 e. The van der Waals surface area contributed by atoms with Crippen LogP contribution in [0.1, 0.15) is 25.7 Å². The minimum atomic E-state index is -0.155. The summed E-state index contributed by atoms with van der Waals surface area (Å²) in [6, 6.07) is 7.57. The number of anilines is 1. The Morgan fingerprint density at radius 2 is 1.82 bits per heavy atom. The molecule has 2 aliphatic rings. The fourth-order valence-electron chi connectivity index (χ4n) is 3.82. The van der Waals surface area contributed by atoms with E-state index in [4.69, 9.17) is 4.74 Å². The molecule has 4 heteroatoms. The van der Waals surface area contributed by atoms with Crippen LogP contribution in [-0.4, -0.2) is 50.8 Å². The highest BCUT2D eigenvalue weighted by atomic mass is 19.1. The molecule has 0 N–H and O–H groups in total. The first-order valence-corrected chi connectivity index (χ1v) is 8.50. The fourth-order valence-corrected chi connectivity index (χ4v) is 3.82. The SMILES string of the molecule is COCCC1CCN([C@@H]2CCN(c3ccc(F)cc3)C2)CC1. The summed E-state index contributed by atoms with van der Waals surface area (Å²) in [4.78, 5) is 5.05. The Hall–Kier alpha value is -1.13. The molecule has 3 nitrogen and oxygen atoms in total. The van der Waals surface area contributed by atoms with Crippen molar-refractivity contribution in [1.29, 1.82) is 0 Å². The molecule has 22 heavy (non-hydrogen) atoms.